The summed E-state index contributed by atoms with van der Waals surface area (Å²) in [4.78, 5) is 23.4. The molecule has 0 radical (unpaired) electrons. The van der Waals surface area contributed by atoms with Crippen LogP contribution in [0, 0.1) is 25.6 Å². The molecule has 0 aliphatic rings. The number of rotatable bonds is 5. The summed E-state index contributed by atoms with van der Waals surface area (Å²) in [7, 11) is 1.95. The normalized spacial score (nSPS) is 8.51. The standard InChI is InChI=1S/C19H21N4.ClH.2HNO3.2H3N.Pt/c1-3-18(20)23(2)13-12-21-19-14-8-4-6-10-16(14)22-17-11-7-5-9-15(17)19;;2*2-1(3)4;;;/h4-11,20H,3,12-13H2,1-2H3;1H;2*(H,2,3,4);2*1H3;/q-1;;;;;;+2/p-1. The Bertz CT molecular complexity index is 988. The zero-order valence-electron chi connectivity index (χ0n) is 19.1. The van der Waals surface area contributed by atoms with E-state index in [9.17, 15) is 0 Å². The molecule has 0 fully saturated rings. The van der Waals surface area contributed by atoms with Crippen molar-refractivity contribution in [3.8, 4) is 0 Å². The summed E-state index contributed by atoms with van der Waals surface area (Å²) in [5, 5.41) is 42.1. The fourth-order valence-electron chi connectivity index (χ4n) is 2.70. The van der Waals surface area contributed by atoms with Gasteiger partial charge in [0.05, 0.1) is 16.9 Å². The van der Waals surface area contributed by atoms with Gasteiger partial charge in [0.1, 0.15) is 0 Å². The molecular weight excluding hydrogens is 667 g/mol. The molecular formula is C19H29ClN8O6Pt. The first-order valence-electron chi connectivity index (χ1n) is 9.07. The summed E-state index contributed by atoms with van der Waals surface area (Å²) >= 11 is 0. The average molecular weight is 696 g/mol. The molecule has 16 heteroatoms. The summed E-state index contributed by atoms with van der Waals surface area (Å²) in [5.74, 6) is 0.643. The number of halogens is 1. The number of nitrogens with zero attached hydrogens (tertiary/aromatic N) is 5. The maximum atomic E-state index is 8.36. The number of para-hydroxylation sites is 2. The molecule has 0 bridgehead atoms. The molecule has 35 heavy (non-hydrogen) atoms. The van der Waals surface area contributed by atoms with E-state index in [1.807, 2.05) is 55.3 Å². The van der Waals surface area contributed by atoms with E-state index < -0.39 is 10.2 Å². The van der Waals surface area contributed by atoms with Crippen molar-refractivity contribution in [1.82, 2.24) is 22.2 Å². The first kappa shape index (κ1) is 38.9. The van der Waals surface area contributed by atoms with Gasteiger partial charge in [0.25, 0.3) is 10.2 Å². The number of hydrogen-bond acceptors (Lipinski definition) is 8. The Labute approximate surface area is 222 Å². The Hall–Kier alpha value is -3.32. The van der Waals surface area contributed by atoms with Crippen molar-refractivity contribution in [3.05, 3.63) is 74.1 Å². The molecule has 0 saturated heterocycles. The predicted molar refractivity (Wildman–Crippen MR) is 125 cm³/mol. The number of amidine groups is 1. The van der Waals surface area contributed by atoms with Gasteiger partial charge in [0, 0.05) is 20.0 Å². The number of nitrogens with one attached hydrogen (secondary N) is 1. The molecule has 0 spiro atoms. The van der Waals surface area contributed by atoms with Gasteiger partial charge >= 0.3 is 21.1 Å². The van der Waals surface area contributed by atoms with Crippen molar-refractivity contribution in [2.75, 3.05) is 20.1 Å². The van der Waals surface area contributed by atoms with E-state index in [4.69, 9.17) is 46.4 Å². The van der Waals surface area contributed by atoms with Crippen LogP contribution in [0.2, 0.25) is 0 Å². The molecule has 198 valence electrons. The van der Waals surface area contributed by atoms with Crippen LogP contribution in [0.15, 0.2) is 48.5 Å². The molecule has 1 heterocycles. The zero-order valence-corrected chi connectivity index (χ0v) is 22.1. The average Bonchev–Trinajstić information content (AvgIpc) is 2.71. The molecule has 3 rings (SSSR count). The van der Waals surface area contributed by atoms with E-state index in [1.54, 1.807) is 0 Å². The zero-order chi connectivity index (χ0) is 23.4. The third kappa shape index (κ3) is 13.9. The monoisotopic (exact) mass is 695 g/mol. The van der Waals surface area contributed by atoms with Crippen LogP contribution in [0.25, 0.3) is 27.1 Å². The topological polar surface area (TPSA) is 251 Å². The van der Waals surface area contributed by atoms with Gasteiger partial charge in [-0.15, -0.1) is 32.5 Å². The summed E-state index contributed by atoms with van der Waals surface area (Å²) in [6.07, 6.45) is 0.748. The minimum atomic E-state index is -1.50. The third-order valence-corrected chi connectivity index (χ3v) is 4.06. The Kier molecular flexibility index (Phi) is 22.3. The molecule has 0 unspecified atom stereocenters. The molecule has 14 nitrogen and oxygen atoms in total. The molecule has 0 saturated carbocycles. The van der Waals surface area contributed by atoms with Gasteiger partial charge < -0.3 is 45.3 Å². The van der Waals surface area contributed by atoms with E-state index in [0.717, 1.165) is 40.5 Å². The van der Waals surface area contributed by atoms with Gasteiger partial charge in [-0.05, 0) is 22.9 Å². The first-order valence-corrected chi connectivity index (χ1v) is 9.07. The second-order valence-corrected chi connectivity index (χ2v) is 6.07. The summed E-state index contributed by atoms with van der Waals surface area (Å²) in [6, 6.07) is 16.3. The minimum absolute atomic E-state index is 0. The van der Waals surface area contributed by atoms with E-state index in [0.29, 0.717) is 12.4 Å². The Balaban J connectivity index is -0.000000353. The molecule has 3 aromatic rings. The number of benzene rings is 2. The molecule has 1 aromatic heterocycles. The van der Waals surface area contributed by atoms with Crippen molar-refractivity contribution in [3.63, 3.8) is 0 Å². The van der Waals surface area contributed by atoms with Crippen LogP contribution in [0.1, 0.15) is 13.3 Å². The van der Waals surface area contributed by atoms with E-state index >= 15 is 0 Å². The van der Waals surface area contributed by atoms with E-state index in [2.05, 4.69) is 12.1 Å². The quantitative estimate of drug-likeness (QED) is 0.0842. The van der Waals surface area contributed by atoms with Crippen LogP contribution in [0.3, 0.4) is 0 Å². The summed E-state index contributed by atoms with van der Waals surface area (Å²) < 4.78 is 0. The van der Waals surface area contributed by atoms with Crippen molar-refractivity contribution in [1.29, 1.82) is 5.41 Å². The summed E-state index contributed by atoms with van der Waals surface area (Å²) in [6.45, 7) is 3.41. The number of hydrogen-bond donors (Lipinski definition) is 5. The van der Waals surface area contributed by atoms with Gasteiger partial charge in [-0.25, -0.2) is 4.98 Å². The van der Waals surface area contributed by atoms with Crippen LogP contribution in [-0.4, -0.2) is 56.4 Å². The molecule has 0 amide bonds. The van der Waals surface area contributed by atoms with Crippen LogP contribution in [-0.2, 0) is 21.1 Å². The van der Waals surface area contributed by atoms with Crippen molar-refractivity contribution in [2.24, 2.45) is 0 Å². The Morgan fingerprint density at radius 2 is 1.37 bits per heavy atom. The Morgan fingerprint density at radius 3 is 1.74 bits per heavy atom. The third-order valence-electron chi connectivity index (χ3n) is 4.06. The number of fused-ring (bicyclic) bond motifs is 2. The smallest absolute Gasteiger partial charge is 1.00 e. The second-order valence-electron chi connectivity index (χ2n) is 6.07. The SMILES string of the molecule is CCC(=N)N(C)CC[N-]c1c2ccccc2nc2ccccc12.N.N.O=[N+]([O-])O.O=[N+]([O-])O.[Cl-].[Pt+2]. The fraction of sp³-hybridized carbons (Fsp3) is 0.263. The van der Waals surface area contributed by atoms with Crippen molar-refractivity contribution >= 4 is 33.3 Å². The molecule has 9 N–H and O–H groups in total. The van der Waals surface area contributed by atoms with Gasteiger partial charge in [-0.1, -0.05) is 43.3 Å². The number of likely N-dealkylation sites (N-methyl/N-ethyl adjacent to an activating group) is 1. The summed E-state index contributed by atoms with van der Waals surface area (Å²) in [5.41, 5.74) is 2.95. The first-order chi connectivity index (χ1) is 14.7. The largest absolute Gasteiger partial charge is 2.00 e. The molecule has 0 aliphatic heterocycles. The predicted octanol–water partition coefficient (Wildman–Crippen LogP) is 1.34. The number of aromatic nitrogens is 1. The van der Waals surface area contributed by atoms with E-state index in [1.165, 1.54) is 0 Å². The molecule has 2 aromatic carbocycles. The van der Waals surface area contributed by atoms with Crippen molar-refractivity contribution in [2.45, 2.75) is 13.3 Å². The van der Waals surface area contributed by atoms with Crippen molar-refractivity contribution < 1.29 is 54.1 Å². The Morgan fingerprint density at radius 1 is 1.00 bits per heavy atom. The van der Waals surface area contributed by atoms with Crippen LogP contribution < -0.4 is 24.7 Å². The van der Waals surface area contributed by atoms with Crippen LogP contribution in [0.5, 0.6) is 0 Å². The minimum Gasteiger partial charge on any atom is -1.00 e. The van der Waals surface area contributed by atoms with E-state index in [-0.39, 0.29) is 45.8 Å². The van der Waals surface area contributed by atoms with Gasteiger partial charge in [-0.3, -0.25) is 5.41 Å². The fourth-order valence-corrected chi connectivity index (χ4v) is 2.70. The maximum absolute atomic E-state index is 8.36. The molecule has 0 aliphatic carbocycles. The number of pyridine rings is 1. The van der Waals surface area contributed by atoms with Gasteiger partial charge in [-0.2, -0.15) is 0 Å². The van der Waals surface area contributed by atoms with Crippen LogP contribution >= 0.6 is 0 Å². The second kappa shape index (κ2) is 20.1. The maximum Gasteiger partial charge on any atom is 2.00 e. The van der Waals surface area contributed by atoms with Gasteiger partial charge in [0.2, 0.25) is 0 Å². The van der Waals surface area contributed by atoms with Gasteiger partial charge in [0.15, 0.2) is 0 Å². The van der Waals surface area contributed by atoms with Crippen LogP contribution in [0.4, 0.5) is 5.69 Å². The molecule has 0 atom stereocenters.